The Morgan fingerprint density at radius 1 is 1.29 bits per heavy atom. The second-order valence-corrected chi connectivity index (χ2v) is 5.56. The fourth-order valence-corrected chi connectivity index (χ4v) is 2.94. The number of nitrogens with one attached hydrogen (secondary N) is 2. The molecule has 2 atom stereocenters. The fraction of sp³-hybridized carbons (Fsp3) is 0.923. The molecule has 0 aromatic rings. The highest BCUT2D eigenvalue weighted by Crippen LogP contribution is 2.23. The summed E-state index contributed by atoms with van der Waals surface area (Å²) in [7, 11) is 0. The van der Waals surface area contributed by atoms with Crippen molar-refractivity contribution in [2.24, 2.45) is 11.8 Å². The molecule has 1 amide bonds. The van der Waals surface area contributed by atoms with E-state index in [0.717, 1.165) is 45.2 Å². The van der Waals surface area contributed by atoms with Crippen LogP contribution in [0.15, 0.2) is 0 Å². The van der Waals surface area contributed by atoms with Crippen LogP contribution in [0.2, 0.25) is 0 Å². The summed E-state index contributed by atoms with van der Waals surface area (Å²) in [6, 6.07) is 0.308. The highest BCUT2D eigenvalue weighted by molar-refractivity contribution is 5.79. The summed E-state index contributed by atoms with van der Waals surface area (Å²) in [6.45, 7) is 3.82. The number of carbonyl (C=O) groups excluding carboxylic acids is 1. The SMILES string of the molecule is CC1NCCC1C(=O)NCC1CCC(O)CC1. The molecule has 0 aromatic carbocycles. The van der Waals surface area contributed by atoms with Gasteiger partial charge in [-0.3, -0.25) is 4.79 Å². The maximum atomic E-state index is 12.0. The van der Waals surface area contributed by atoms with Crippen LogP contribution in [0, 0.1) is 11.8 Å². The molecular formula is C13H24N2O2. The second kappa shape index (κ2) is 5.83. The Balaban J connectivity index is 1.69. The van der Waals surface area contributed by atoms with Gasteiger partial charge in [-0.2, -0.15) is 0 Å². The Morgan fingerprint density at radius 3 is 2.59 bits per heavy atom. The maximum Gasteiger partial charge on any atom is 0.224 e. The highest BCUT2D eigenvalue weighted by Gasteiger charge is 2.29. The summed E-state index contributed by atoms with van der Waals surface area (Å²) in [4.78, 5) is 12.0. The number of hydrogen-bond donors (Lipinski definition) is 3. The quantitative estimate of drug-likeness (QED) is 0.679. The van der Waals surface area contributed by atoms with E-state index in [1.165, 1.54) is 0 Å². The molecule has 1 aliphatic carbocycles. The van der Waals surface area contributed by atoms with Gasteiger partial charge in [0, 0.05) is 12.6 Å². The van der Waals surface area contributed by atoms with E-state index in [0.29, 0.717) is 12.0 Å². The molecule has 4 heteroatoms. The molecule has 2 unspecified atom stereocenters. The first kappa shape index (κ1) is 12.8. The normalized spacial score (nSPS) is 38.0. The first-order valence-electron chi connectivity index (χ1n) is 6.86. The third-order valence-corrected chi connectivity index (χ3v) is 4.24. The first-order valence-corrected chi connectivity index (χ1v) is 6.86. The van der Waals surface area contributed by atoms with Gasteiger partial charge in [-0.15, -0.1) is 0 Å². The van der Waals surface area contributed by atoms with Gasteiger partial charge >= 0.3 is 0 Å². The van der Waals surface area contributed by atoms with E-state index in [1.54, 1.807) is 0 Å². The van der Waals surface area contributed by atoms with E-state index < -0.39 is 0 Å². The number of carbonyl (C=O) groups is 1. The Labute approximate surface area is 103 Å². The van der Waals surface area contributed by atoms with Gasteiger partial charge in [-0.1, -0.05) is 0 Å². The van der Waals surface area contributed by atoms with Crippen LogP contribution in [0.1, 0.15) is 39.0 Å². The minimum atomic E-state index is -0.110. The van der Waals surface area contributed by atoms with Crippen molar-refractivity contribution in [1.29, 1.82) is 0 Å². The molecule has 17 heavy (non-hydrogen) atoms. The molecule has 3 N–H and O–H groups in total. The van der Waals surface area contributed by atoms with E-state index in [-0.39, 0.29) is 17.9 Å². The van der Waals surface area contributed by atoms with Gasteiger partial charge in [-0.05, 0) is 51.5 Å². The Kier molecular flexibility index (Phi) is 4.40. The molecule has 0 radical (unpaired) electrons. The smallest absolute Gasteiger partial charge is 0.224 e. The van der Waals surface area contributed by atoms with Crippen molar-refractivity contribution in [2.45, 2.75) is 51.2 Å². The van der Waals surface area contributed by atoms with Crippen molar-refractivity contribution in [3.05, 3.63) is 0 Å². The van der Waals surface area contributed by atoms with E-state index in [4.69, 9.17) is 0 Å². The first-order chi connectivity index (χ1) is 8.16. The summed E-state index contributed by atoms with van der Waals surface area (Å²) in [6.07, 6.45) is 4.71. The molecular weight excluding hydrogens is 216 g/mol. The molecule has 98 valence electrons. The van der Waals surface area contributed by atoms with Crippen LogP contribution in [0.25, 0.3) is 0 Å². The molecule has 1 saturated heterocycles. The van der Waals surface area contributed by atoms with Gasteiger partial charge < -0.3 is 15.7 Å². The Hall–Kier alpha value is -0.610. The molecule has 2 aliphatic rings. The maximum absolute atomic E-state index is 12.0. The van der Waals surface area contributed by atoms with E-state index in [9.17, 15) is 9.90 Å². The third-order valence-electron chi connectivity index (χ3n) is 4.24. The van der Waals surface area contributed by atoms with Gasteiger partial charge in [0.05, 0.1) is 12.0 Å². The number of aliphatic hydroxyl groups is 1. The molecule has 2 fully saturated rings. The lowest BCUT2D eigenvalue weighted by Gasteiger charge is -2.26. The monoisotopic (exact) mass is 240 g/mol. The van der Waals surface area contributed by atoms with E-state index in [2.05, 4.69) is 17.6 Å². The van der Waals surface area contributed by atoms with Crippen LogP contribution in [-0.2, 0) is 4.79 Å². The number of hydrogen-bond acceptors (Lipinski definition) is 3. The van der Waals surface area contributed by atoms with Crippen LogP contribution in [0.5, 0.6) is 0 Å². The predicted octanol–water partition coefficient (Wildman–Crippen LogP) is 0.652. The van der Waals surface area contributed by atoms with Crippen molar-refractivity contribution in [2.75, 3.05) is 13.1 Å². The van der Waals surface area contributed by atoms with Crippen molar-refractivity contribution in [3.8, 4) is 0 Å². The zero-order valence-corrected chi connectivity index (χ0v) is 10.6. The van der Waals surface area contributed by atoms with Crippen molar-refractivity contribution < 1.29 is 9.90 Å². The summed E-state index contributed by atoms with van der Waals surface area (Å²) in [5.41, 5.74) is 0. The van der Waals surface area contributed by atoms with Gasteiger partial charge in [-0.25, -0.2) is 0 Å². The van der Waals surface area contributed by atoms with Gasteiger partial charge in [0.2, 0.25) is 5.91 Å². The van der Waals surface area contributed by atoms with Gasteiger partial charge in [0.25, 0.3) is 0 Å². The van der Waals surface area contributed by atoms with Crippen LogP contribution in [-0.4, -0.2) is 36.2 Å². The van der Waals surface area contributed by atoms with Crippen LogP contribution >= 0.6 is 0 Å². The van der Waals surface area contributed by atoms with Crippen molar-refractivity contribution in [1.82, 2.24) is 10.6 Å². The molecule has 2 rings (SSSR count). The fourth-order valence-electron chi connectivity index (χ4n) is 2.94. The molecule has 1 heterocycles. The Morgan fingerprint density at radius 2 is 2.00 bits per heavy atom. The molecule has 4 nitrogen and oxygen atoms in total. The lowest BCUT2D eigenvalue weighted by molar-refractivity contribution is -0.125. The summed E-state index contributed by atoms with van der Waals surface area (Å²) < 4.78 is 0. The molecule has 0 spiro atoms. The minimum Gasteiger partial charge on any atom is -0.393 e. The average Bonchev–Trinajstić information content (AvgIpc) is 2.74. The number of aliphatic hydroxyl groups excluding tert-OH is 1. The lowest BCUT2D eigenvalue weighted by Crippen LogP contribution is -2.39. The average molecular weight is 240 g/mol. The highest BCUT2D eigenvalue weighted by atomic mass is 16.3. The zero-order chi connectivity index (χ0) is 12.3. The largest absolute Gasteiger partial charge is 0.393 e. The van der Waals surface area contributed by atoms with Crippen molar-refractivity contribution >= 4 is 5.91 Å². The minimum absolute atomic E-state index is 0.110. The summed E-state index contributed by atoms with van der Waals surface area (Å²) in [5, 5.41) is 15.8. The lowest BCUT2D eigenvalue weighted by atomic mass is 9.87. The molecule has 1 saturated carbocycles. The standard InChI is InChI=1S/C13H24N2O2/c1-9-12(6-7-14-9)13(17)15-8-10-2-4-11(16)5-3-10/h9-12,14,16H,2-8H2,1H3,(H,15,17). The molecule has 1 aliphatic heterocycles. The third kappa shape index (κ3) is 3.42. The molecule has 0 bridgehead atoms. The summed E-state index contributed by atoms with van der Waals surface area (Å²) >= 11 is 0. The Bertz CT molecular complexity index is 262. The van der Waals surface area contributed by atoms with Crippen LogP contribution in [0.4, 0.5) is 0 Å². The number of amides is 1. The molecule has 0 aromatic heterocycles. The number of rotatable bonds is 3. The van der Waals surface area contributed by atoms with Gasteiger partial charge in [0.15, 0.2) is 0 Å². The second-order valence-electron chi connectivity index (χ2n) is 5.56. The van der Waals surface area contributed by atoms with E-state index in [1.807, 2.05) is 0 Å². The van der Waals surface area contributed by atoms with Gasteiger partial charge in [0.1, 0.15) is 0 Å². The van der Waals surface area contributed by atoms with E-state index >= 15 is 0 Å². The van der Waals surface area contributed by atoms with Crippen molar-refractivity contribution in [3.63, 3.8) is 0 Å². The van der Waals surface area contributed by atoms with Crippen LogP contribution in [0.3, 0.4) is 0 Å². The van der Waals surface area contributed by atoms with Crippen LogP contribution < -0.4 is 10.6 Å². The zero-order valence-electron chi connectivity index (χ0n) is 10.6. The predicted molar refractivity (Wildman–Crippen MR) is 66.5 cm³/mol. The summed E-state index contributed by atoms with van der Waals surface area (Å²) in [5.74, 6) is 0.907. The topological polar surface area (TPSA) is 61.4 Å².